The van der Waals surface area contributed by atoms with Gasteiger partial charge in [0.05, 0.1) is 11.4 Å². The van der Waals surface area contributed by atoms with Crippen LogP contribution in [0.3, 0.4) is 0 Å². The molecule has 2 aliphatic rings. The van der Waals surface area contributed by atoms with Gasteiger partial charge in [-0.3, -0.25) is 9.59 Å². The van der Waals surface area contributed by atoms with E-state index in [2.05, 4.69) is 5.32 Å². The van der Waals surface area contributed by atoms with Crippen molar-refractivity contribution in [2.24, 2.45) is 0 Å². The first-order valence-corrected chi connectivity index (χ1v) is 11.8. The largest absolute Gasteiger partial charge is 0.480 e. The highest BCUT2D eigenvalue weighted by Crippen LogP contribution is 2.54. The first kappa shape index (κ1) is 23.7. The monoisotopic (exact) mass is 508 g/mol. The van der Waals surface area contributed by atoms with Crippen molar-refractivity contribution in [3.63, 3.8) is 0 Å². The number of carbonyl (C=O) groups excluding carboxylic acids is 2. The predicted octanol–water partition coefficient (Wildman–Crippen LogP) is 4.35. The first-order chi connectivity index (χ1) is 15.4. The number of benzene rings is 2. The van der Waals surface area contributed by atoms with Crippen molar-refractivity contribution >= 4 is 52.7 Å². The lowest BCUT2D eigenvalue weighted by Gasteiger charge is -2.51. The Morgan fingerprint density at radius 2 is 1.85 bits per heavy atom. The van der Waals surface area contributed by atoms with Gasteiger partial charge in [0.2, 0.25) is 5.91 Å². The molecule has 10 heteroatoms. The third-order valence-corrected chi connectivity index (χ3v) is 8.13. The maximum absolute atomic E-state index is 12.9. The van der Waals surface area contributed by atoms with Crippen LogP contribution < -0.4 is 10.1 Å². The molecule has 0 spiro atoms. The Labute approximate surface area is 205 Å². The van der Waals surface area contributed by atoms with Crippen LogP contribution in [0.5, 0.6) is 11.5 Å². The predicted molar refractivity (Wildman–Crippen MR) is 127 cm³/mol. The maximum atomic E-state index is 12.9. The number of carboxylic acid groups (broad SMARTS) is 1. The van der Waals surface area contributed by atoms with Gasteiger partial charge in [-0.15, -0.1) is 11.8 Å². The van der Waals surface area contributed by atoms with Crippen molar-refractivity contribution < 1.29 is 24.2 Å². The van der Waals surface area contributed by atoms with Gasteiger partial charge in [-0.1, -0.05) is 41.4 Å². The number of nitrogens with zero attached hydrogens (tertiary/aromatic N) is 1. The van der Waals surface area contributed by atoms with Gasteiger partial charge in [-0.25, -0.2) is 4.79 Å². The van der Waals surface area contributed by atoms with Gasteiger partial charge in [0, 0.05) is 15.3 Å². The summed E-state index contributed by atoms with van der Waals surface area (Å²) in [5.74, 6) is -0.977. The zero-order chi connectivity index (χ0) is 24.1. The van der Waals surface area contributed by atoms with Gasteiger partial charge in [0.25, 0.3) is 5.91 Å². The van der Waals surface area contributed by atoms with Crippen molar-refractivity contribution in [3.05, 3.63) is 58.1 Å². The second-order valence-electron chi connectivity index (χ2n) is 8.74. The minimum absolute atomic E-state index is 0.0343. The van der Waals surface area contributed by atoms with Crippen LogP contribution in [0.15, 0.2) is 42.5 Å². The number of rotatable bonds is 6. The molecule has 2 aromatic rings. The molecule has 2 aliphatic heterocycles. The summed E-state index contributed by atoms with van der Waals surface area (Å²) in [6.45, 7) is 5.22. The number of fused-ring (bicyclic) bond motifs is 1. The second kappa shape index (κ2) is 8.42. The average Bonchev–Trinajstić information content (AvgIpc) is 3.00. The summed E-state index contributed by atoms with van der Waals surface area (Å²) < 4.78 is 5.24. The van der Waals surface area contributed by atoms with E-state index in [0.29, 0.717) is 27.1 Å². The number of aliphatic carboxylic acids is 1. The van der Waals surface area contributed by atoms with Crippen molar-refractivity contribution in [2.45, 2.75) is 48.9 Å². The minimum atomic E-state index is -1.18. The molecule has 1 unspecified atom stereocenters. The molecular formula is C23H22Cl2N2O5S. The Kier molecular flexibility index (Phi) is 6.05. The Balaban J connectivity index is 1.49. The SMILES string of the molecule is CC1(C)S[C@H]2N(C(=O)C2(C)NC(=O)Cc2ccccc2Oc2ccc(Cl)cc2Cl)[C@H]1C(=O)O. The molecule has 0 aliphatic carbocycles. The number of halogens is 2. The molecule has 0 bridgehead atoms. The van der Waals surface area contributed by atoms with Crippen molar-refractivity contribution in [1.82, 2.24) is 10.2 Å². The van der Waals surface area contributed by atoms with E-state index in [4.69, 9.17) is 27.9 Å². The standard InChI is InChI=1S/C23H22Cl2N2O5S/c1-22(2)18(19(29)30)27-20(31)23(3,21(27)33-22)26-17(28)10-12-6-4-5-7-15(12)32-16-9-8-13(24)11-14(16)25/h4-9,11,18,21H,10H2,1-3H3,(H,26,28)(H,29,30)/t18-,21+,23?/m0/s1. The quantitative estimate of drug-likeness (QED) is 0.563. The number of β-lactam (4-membered cyclic amide) rings is 1. The van der Waals surface area contributed by atoms with E-state index in [0.717, 1.165) is 0 Å². The fourth-order valence-corrected chi connectivity index (χ4v) is 6.36. The number of carboxylic acids is 1. The fraction of sp³-hybridized carbons (Fsp3) is 0.348. The van der Waals surface area contributed by atoms with E-state index >= 15 is 0 Å². The number of para-hydroxylation sites is 1. The minimum Gasteiger partial charge on any atom is -0.480 e. The highest BCUT2D eigenvalue weighted by atomic mass is 35.5. The van der Waals surface area contributed by atoms with Gasteiger partial charge in [0.15, 0.2) is 0 Å². The molecule has 0 aromatic heterocycles. The van der Waals surface area contributed by atoms with Gasteiger partial charge in [-0.2, -0.15) is 0 Å². The number of thioether (sulfide) groups is 1. The number of carbonyl (C=O) groups is 3. The summed E-state index contributed by atoms with van der Waals surface area (Å²) in [7, 11) is 0. The van der Waals surface area contributed by atoms with E-state index in [1.54, 1.807) is 63.2 Å². The van der Waals surface area contributed by atoms with Crippen LogP contribution in [0.25, 0.3) is 0 Å². The summed E-state index contributed by atoms with van der Waals surface area (Å²) in [4.78, 5) is 38.9. The van der Waals surface area contributed by atoms with E-state index in [9.17, 15) is 19.5 Å². The Morgan fingerprint density at radius 1 is 1.15 bits per heavy atom. The molecule has 7 nitrogen and oxygen atoms in total. The van der Waals surface area contributed by atoms with Crippen LogP contribution in [0.1, 0.15) is 26.3 Å². The normalized spacial score (nSPS) is 25.2. The lowest BCUT2D eigenvalue weighted by atomic mass is 9.86. The molecule has 0 saturated carbocycles. The fourth-order valence-electron chi connectivity index (χ4n) is 4.27. The number of nitrogens with one attached hydrogen (secondary N) is 1. The number of amides is 2. The molecule has 174 valence electrons. The van der Waals surface area contributed by atoms with E-state index < -0.39 is 33.6 Å². The summed E-state index contributed by atoms with van der Waals surface area (Å²) in [5, 5.41) is 12.8. The summed E-state index contributed by atoms with van der Waals surface area (Å²) in [5.41, 5.74) is -0.575. The molecule has 33 heavy (non-hydrogen) atoms. The molecule has 0 radical (unpaired) electrons. The van der Waals surface area contributed by atoms with E-state index in [-0.39, 0.29) is 12.3 Å². The van der Waals surface area contributed by atoms with Gasteiger partial charge in [0.1, 0.15) is 28.5 Å². The Morgan fingerprint density at radius 3 is 2.52 bits per heavy atom. The zero-order valence-electron chi connectivity index (χ0n) is 18.1. The Bertz CT molecular complexity index is 1160. The van der Waals surface area contributed by atoms with Gasteiger partial charge < -0.3 is 20.1 Å². The van der Waals surface area contributed by atoms with Crippen LogP contribution in [0.4, 0.5) is 0 Å². The van der Waals surface area contributed by atoms with Crippen molar-refractivity contribution in [3.8, 4) is 11.5 Å². The van der Waals surface area contributed by atoms with Crippen LogP contribution in [0, 0.1) is 0 Å². The van der Waals surface area contributed by atoms with Crippen LogP contribution in [-0.4, -0.2) is 49.5 Å². The molecular weight excluding hydrogens is 487 g/mol. The summed E-state index contributed by atoms with van der Waals surface area (Å²) in [6.07, 6.45) is -0.0343. The molecule has 3 atom stereocenters. The number of ether oxygens (including phenoxy) is 1. The zero-order valence-corrected chi connectivity index (χ0v) is 20.4. The summed E-state index contributed by atoms with van der Waals surface area (Å²) in [6, 6.07) is 10.9. The first-order valence-electron chi connectivity index (χ1n) is 10.2. The number of hydrogen-bond donors (Lipinski definition) is 2. The summed E-state index contributed by atoms with van der Waals surface area (Å²) >= 11 is 13.5. The molecule has 2 amide bonds. The third kappa shape index (κ3) is 4.16. The van der Waals surface area contributed by atoms with Crippen LogP contribution in [-0.2, 0) is 20.8 Å². The molecule has 2 aromatic carbocycles. The van der Waals surface area contributed by atoms with E-state index in [1.165, 1.54) is 16.7 Å². The van der Waals surface area contributed by atoms with Gasteiger partial charge >= 0.3 is 5.97 Å². The van der Waals surface area contributed by atoms with E-state index in [1.807, 2.05) is 0 Å². The second-order valence-corrected chi connectivity index (χ2v) is 11.3. The highest BCUT2D eigenvalue weighted by Gasteiger charge is 2.70. The van der Waals surface area contributed by atoms with Gasteiger partial charge in [-0.05, 0) is 45.0 Å². The topological polar surface area (TPSA) is 95.9 Å². The van der Waals surface area contributed by atoms with Crippen LogP contribution in [0.2, 0.25) is 10.0 Å². The third-order valence-electron chi connectivity index (χ3n) is 5.85. The molecule has 2 N–H and O–H groups in total. The Hall–Kier alpha value is -2.42. The smallest absolute Gasteiger partial charge is 0.327 e. The maximum Gasteiger partial charge on any atom is 0.327 e. The molecule has 2 heterocycles. The molecule has 2 saturated heterocycles. The molecule has 4 rings (SSSR count). The lowest BCUT2D eigenvalue weighted by molar-refractivity contribution is -0.167. The number of hydrogen-bond acceptors (Lipinski definition) is 5. The van der Waals surface area contributed by atoms with Crippen molar-refractivity contribution in [2.75, 3.05) is 0 Å². The highest BCUT2D eigenvalue weighted by molar-refractivity contribution is 8.01. The molecule has 2 fully saturated rings. The van der Waals surface area contributed by atoms with Crippen LogP contribution >= 0.6 is 35.0 Å². The lowest BCUT2D eigenvalue weighted by Crippen LogP contribution is -2.78. The average molecular weight is 509 g/mol. The van der Waals surface area contributed by atoms with Crippen molar-refractivity contribution in [1.29, 1.82) is 0 Å².